The van der Waals surface area contributed by atoms with E-state index in [0.717, 1.165) is 14.8 Å². The van der Waals surface area contributed by atoms with E-state index >= 15 is 0 Å². The number of aliphatic hydroxyl groups excluding tert-OH is 1. The predicted octanol–water partition coefficient (Wildman–Crippen LogP) is 2.46. The van der Waals surface area contributed by atoms with Crippen molar-refractivity contribution >= 4 is 28.3 Å². The van der Waals surface area contributed by atoms with Crippen molar-refractivity contribution in [1.82, 2.24) is 0 Å². The van der Waals surface area contributed by atoms with Crippen molar-refractivity contribution in [2.75, 3.05) is 26.2 Å². The van der Waals surface area contributed by atoms with E-state index in [1.807, 2.05) is 30.3 Å². The average molecular weight is 347 g/mol. The second-order valence-corrected chi connectivity index (χ2v) is 5.04. The van der Waals surface area contributed by atoms with Gasteiger partial charge in [0.2, 0.25) is 0 Å². The summed E-state index contributed by atoms with van der Waals surface area (Å²) in [5, 5.41) is 10.1. The molecule has 0 spiro atoms. The molecule has 1 heterocycles. The van der Waals surface area contributed by atoms with Crippen LogP contribution < -0.4 is 14.4 Å². The maximum Gasteiger partial charge on any atom is 0.162 e. The summed E-state index contributed by atoms with van der Waals surface area (Å²) in [4.78, 5) is 1.96. The van der Waals surface area contributed by atoms with Gasteiger partial charge in [0.1, 0.15) is 6.10 Å². The van der Waals surface area contributed by atoms with E-state index in [4.69, 9.17) is 9.47 Å². The van der Waals surface area contributed by atoms with Crippen LogP contribution in [0.1, 0.15) is 11.7 Å². The van der Waals surface area contributed by atoms with Crippen LogP contribution in [0.3, 0.4) is 0 Å². The number of fused-ring (bicyclic) bond motifs is 1. The van der Waals surface area contributed by atoms with Gasteiger partial charge in [-0.2, -0.15) is 0 Å². The van der Waals surface area contributed by atoms with Gasteiger partial charge < -0.3 is 19.5 Å². The molecule has 17 heavy (non-hydrogen) atoms. The van der Waals surface area contributed by atoms with Crippen LogP contribution in [-0.2, 0) is 0 Å². The second-order valence-electron chi connectivity index (χ2n) is 3.79. The van der Waals surface area contributed by atoms with Crippen molar-refractivity contribution in [3.8, 4) is 11.5 Å². The molecule has 0 aromatic heterocycles. The molecule has 4 nitrogen and oxygen atoms in total. The van der Waals surface area contributed by atoms with Gasteiger partial charge in [-0.3, -0.25) is 0 Å². The number of anilines is 1. The van der Waals surface area contributed by atoms with E-state index in [9.17, 15) is 5.11 Å². The highest BCUT2D eigenvalue weighted by Crippen LogP contribution is 2.43. The zero-order valence-electron chi connectivity index (χ0n) is 9.90. The Bertz CT molecular complexity index is 473. The topological polar surface area (TPSA) is 41.9 Å². The Morgan fingerprint density at radius 3 is 2.41 bits per heavy atom. The summed E-state index contributed by atoms with van der Waals surface area (Å²) >= 11 is 2.13. The first-order valence-corrected chi connectivity index (χ1v) is 6.20. The summed E-state index contributed by atoms with van der Waals surface area (Å²) in [5.41, 5.74) is 1.76. The minimum atomic E-state index is -0.596. The zero-order chi connectivity index (χ0) is 12.6. The lowest BCUT2D eigenvalue weighted by Crippen LogP contribution is -2.19. The quantitative estimate of drug-likeness (QED) is 0.835. The number of methoxy groups -OCH3 is 2. The molecule has 92 valence electrons. The monoisotopic (exact) mass is 347 g/mol. The van der Waals surface area contributed by atoms with Crippen molar-refractivity contribution in [1.29, 1.82) is 0 Å². The van der Waals surface area contributed by atoms with E-state index in [2.05, 4.69) is 22.6 Å². The number of benzene rings is 1. The number of aliphatic hydroxyl groups is 1. The van der Waals surface area contributed by atoms with Crippen LogP contribution in [0, 0.1) is 0 Å². The van der Waals surface area contributed by atoms with Gasteiger partial charge >= 0.3 is 0 Å². The molecule has 0 bridgehead atoms. The van der Waals surface area contributed by atoms with Gasteiger partial charge in [-0.25, -0.2) is 0 Å². The highest BCUT2D eigenvalue weighted by molar-refractivity contribution is 14.1. The summed E-state index contributed by atoms with van der Waals surface area (Å²) in [6.07, 6.45) is 1.31. The average Bonchev–Trinajstić information content (AvgIpc) is 2.34. The van der Waals surface area contributed by atoms with E-state index in [0.29, 0.717) is 11.5 Å². The van der Waals surface area contributed by atoms with Gasteiger partial charge in [0.15, 0.2) is 11.5 Å². The molecular weight excluding hydrogens is 333 g/mol. The number of halogens is 1. The largest absolute Gasteiger partial charge is 0.493 e. The number of nitrogens with zero attached hydrogens (tertiary/aromatic N) is 1. The van der Waals surface area contributed by atoms with Gasteiger partial charge in [0.05, 0.1) is 19.9 Å². The first kappa shape index (κ1) is 12.5. The lowest BCUT2D eigenvalue weighted by molar-refractivity contribution is 0.224. The minimum absolute atomic E-state index is 0.596. The minimum Gasteiger partial charge on any atom is -0.493 e. The third kappa shape index (κ3) is 2.09. The summed E-state index contributed by atoms with van der Waals surface area (Å²) in [6.45, 7) is 0. The second kappa shape index (κ2) is 4.73. The van der Waals surface area contributed by atoms with Gasteiger partial charge in [-0.05, 0) is 28.7 Å². The lowest BCUT2D eigenvalue weighted by atomic mass is 10.0. The maximum atomic E-state index is 10.1. The highest BCUT2D eigenvalue weighted by atomic mass is 127. The van der Waals surface area contributed by atoms with Crippen molar-refractivity contribution in [3.05, 3.63) is 27.5 Å². The molecule has 2 rings (SSSR count). The van der Waals surface area contributed by atoms with Crippen LogP contribution in [-0.4, -0.2) is 26.4 Å². The molecule has 1 aliphatic heterocycles. The Morgan fingerprint density at radius 1 is 1.24 bits per heavy atom. The lowest BCUT2D eigenvalue weighted by Gasteiger charge is -2.28. The summed E-state index contributed by atoms with van der Waals surface area (Å²) in [5.74, 6) is 1.29. The highest BCUT2D eigenvalue weighted by Gasteiger charge is 2.25. The van der Waals surface area contributed by atoms with E-state index < -0.39 is 6.10 Å². The fourth-order valence-electron chi connectivity index (χ4n) is 1.88. The van der Waals surface area contributed by atoms with Crippen molar-refractivity contribution in [2.24, 2.45) is 0 Å². The summed E-state index contributed by atoms with van der Waals surface area (Å²) in [7, 11) is 5.13. The Kier molecular flexibility index (Phi) is 3.48. The number of hydrogen-bond donors (Lipinski definition) is 1. The molecule has 1 aromatic carbocycles. The third-order valence-electron chi connectivity index (χ3n) is 2.79. The predicted molar refractivity (Wildman–Crippen MR) is 75.0 cm³/mol. The molecule has 1 N–H and O–H groups in total. The third-order valence-corrected chi connectivity index (χ3v) is 3.65. The SMILES string of the molecule is COc1cc2c(cc1OC)N(C)C=C(I)C2O. The van der Waals surface area contributed by atoms with Crippen molar-refractivity contribution in [2.45, 2.75) is 6.10 Å². The molecule has 1 unspecified atom stereocenters. The van der Waals surface area contributed by atoms with Crippen LogP contribution in [0.4, 0.5) is 5.69 Å². The smallest absolute Gasteiger partial charge is 0.162 e. The Balaban J connectivity index is 2.59. The molecule has 0 fully saturated rings. The molecule has 1 aromatic rings. The summed E-state index contributed by atoms with van der Waals surface area (Å²) in [6, 6.07) is 3.69. The standard InChI is InChI=1S/C12H14INO3/c1-14-6-8(13)12(15)7-4-10(16-2)11(17-3)5-9(7)14/h4-6,12,15H,1-3H3. The van der Waals surface area contributed by atoms with E-state index in [1.54, 1.807) is 14.2 Å². The number of rotatable bonds is 2. The molecule has 0 amide bonds. The fourth-order valence-corrected chi connectivity index (χ4v) is 2.64. The van der Waals surface area contributed by atoms with Crippen molar-refractivity contribution < 1.29 is 14.6 Å². The fraction of sp³-hybridized carbons (Fsp3) is 0.333. The first-order chi connectivity index (χ1) is 8.08. The first-order valence-electron chi connectivity index (χ1n) is 5.12. The number of ether oxygens (including phenoxy) is 2. The molecule has 5 heteroatoms. The Hall–Kier alpha value is -0.950. The van der Waals surface area contributed by atoms with Gasteiger partial charge in [0, 0.05) is 28.5 Å². The van der Waals surface area contributed by atoms with Crippen molar-refractivity contribution in [3.63, 3.8) is 0 Å². The Labute approximate surface area is 114 Å². The molecule has 0 aliphatic carbocycles. The van der Waals surface area contributed by atoms with Gasteiger partial charge in [-0.15, -0.1) is 0 Å². The molecule has 1 atom stereocenters. The van der Waals surface area contributed by atoms with Crippen LogP contribution in [0.25, 0.3) is 0 Å². The molecule has 0 saturated heterocycles. The maximum absolute atomic E-state index is 10.1. The van der Waals surface area contributed by atoms with Crippen LogP contribution in [0.15, 0.2) is 21.9 Å². The molecular formula is C12H14INO3. The number of hydrogen-bond acceptors (Lipinski definition) is 4. The summed E-state index contributed by atoms with van der Waals surface area (Å²) < 4.78 is 11.4. The van der Waals surface area contributed by atoms with Gasteiger partial charge in [-0.1, -0.05) is 0 Å². The van der Waals surface area contributed by atoms with E-state index in [1.165, 1.54) is 0 Å². The Morgan fingerprint density at radius 2 is 1.82 bits per heavy atom. The molecule has 0 radical (unpaired) electrons. The van der Waals surface area contributed by atoms with Crippen LogP contribution >= 0.6 is 22.6 Å². The zero-order valence-corrected chi connectivity index (χ0v) is 12.1. The molecule has 0 saturated carbocycles. The molecule has 1 aliphatic rings. The van der Waals surface area contributed by atoms with Crippen LogP contribution in [0.2, 0.25) is 0 Å². The van der Waals surface area contributed by atoms with Crippen LogP contribution in [0.5, 0.6) is 11.5 Å². The normalized spacial score (nSPS) is 18.5. The van der Waals surface area contributed by atoms with E-state index in [-0.39, 0.29) is 0 Å². The van der Waals surface area contributed by atoms with Gasteiger partial charge in [0.25, 0.3) is 0 Å².